The van der Waals surface area contributed by atoms with Crippen LogP contribution in [0, 0.1) is 0 Å². The quantitative estimate of drug-likeness (QED) is 0.0699. The summed E-state index contributed by atoms with van der Waals surface area (Å²) in [4.78, 5) is 23.4. The summed E-state index contributed by atoms with van der Waals surface area (Å²) in [6.45, 7) is 5.47. The topological polar surface area (TPSA) is 233 Å². The summed E-state index contributed by atoms with van der Waals surface area (Å²) >= 11 is 0. The molecule has 0 saturated carbocycles. The highest BCUT2D eigenvalue weighted by molar-refractivity contribution is 5.88. The molecule has 2 aliphatic rings. The number of aliphatic hydroxyl groups is 7. The van der Waals surface area contributed by atoms with Crippen molar-refractivity contribution >= 4 is 11.9 Å². The summed E-state index contributed by atoms with van der Waals surface area (Å²) in [6.07, 6.45) is 4.65. The molecule has 0 amide bonds. The van der Waals surface area contributed by atoms with Gasteiger partial charge in [0.25, 0.3) is 0 Å². The number of carboxylic acids is 1. The van der Waals surface area contributed by atoms with Gasteiger partial charge < -0.3 is 59.8 Å². The van der Waals surface area contributed by atoms with E-state index in [0.29, 0.717) is 0 Å². The second kappa shape index (κ2) is 20.1. The molecule has 0 unspecified atom stereocenters. The first kappa shape index (κ1) is 40.6. The first-order chi connectivity index (χ1) is 22.7. The fraction of sp³-hybridized carbons (Fsp3) is 0.471. The standard InChI is InChI=1S/C34H46O14/c1-19(13-9-15-21(3)31(42)43)11-7-5-6-8-12-20(2)14-10-16-22(4)32(44)48-34-30(41)28(39)26(37)24(47-34)18-45-33-29(40)27(38)25(36)23(17-35)46-33/h5-16,23-30,33-41H,17-18H2,1-4H3,(H,42,43)/b7-5+,8-6+,13-9+,14-10+,19-11+,20-12+,21-15+,22-16+/t23-,24-,25-,26-,27+,28+,29-,30-,33-,34+/m1/s1. The van der Waals surface area contributed by atoms with Gasteiger partial charge in [0, 0.05) is 11.1 Å². The lowest BCUT2D eigenvalue weighted by Gasteiger charge is -2.42. The van der Waals surface area contributed by atoms with Crippen LogP contribution in [0.1, 0.15) is 27.7 Å². The van der Waals surface area contributed by atoms with Gasteiger partial charge in [0.2, 0.25) is 6.29 Å². The molecule has 0 aromatic carbocycles. The molecule has 0 aromatic heterocycles. The largest absolute Gasteiger partial charge is 0.478 e. The van der Waals surface area contributed by atoms with Crippen LogP contribution in [-0.2, 0) is 28.5 Å². The SMILES string of the molecule is CC(/C=C/C=C(\C)C(=O)O)=C\C=C\C=C\C=C(C)\C=C\C=C(/C)C(=O)O[C@@H]1O[C@H](CO[C@@H]2O[C@H](CO)[C@@H](O)[C@H](O)[C@H]2O)[C@@H](O)[C@H](O)[C@H]1O. The van der Waals surface area contributed by atoms with Gasteiger partial charge in [-0.2, -0.15) is 0 Å². The molecule has 0 radical (unpaired) electrons. The second-order valence-corrected chi connectivity index (χ2v) is 11.3. The predicted molar refractivity (Wildman–Crippen MR) is 172 cm³/mol. The summed E-state index contributed by atoms with van der Waals surface area (Å²) in [5.41, 5.74) is 2.17. The number of carbonyl (C=O) groups is 2. The average Bonchev–Trinajstić information content (AvgIpc) is 3.05. The maximum atomic E-state index is 12.7. The van der Waals surface area contributed by atoms with Crippen molar-refractivity contribution in [1.29, 1.82) is 0 Å². The highest BCUT2D eigenvalue weighted by Crippen LogP contribution is 2.26. The molecule has 14 nitrogen and oxygen atoms in total. The van der Waals surface area contributed by atoms with E-state index in [-0.39, 0.29) is 11.1 Å². The summed E-state index contributed by atoms with van der Waals surface area (Å²) in [5.74, 6) is -1.84. The van der Waals surface area contributed by atoms with Crippen LogP contribution >= 0.6 is 0 Å². The number of aliphatic carboxylic acids is 1. The smallest absolute Gasteiger partial charge is 0.336 e. The minimum absolute atomic E-state index is 0.132. The van der Waals surface area contributed by atoms with E-state index in [4.69, 9.17) is 24.1 Å². The third-order valence-electron chi connectivity index (χ3n) is 7.29. The monoisotopic (exact) mass is 678 g/mol. The lowest BCUT2D eigenvalue weighted by molar-refractivity contribution is -0.326. The summed E-state index contributed by atoms with van der Waals surface area (Å²) in [6, 6.07) is 0. The first-order valence-corrected chi connectivity index (χ1v) is 15.1. The molecule has 0 spiro atoms. The van der Waals surface area contributed by atoms with E-state index in [2.05, 4.69) is 0 Å². The van der Waals surface area contributed by atoms with Gasteiger partial charge in [-0.05, 0) is 27.7 Å². The number of rotatable bonds is 14. The summed E-state index contributed by atoms with van der Waals surface area (Å²) in [5, 5.41) is 79.2. The highest BCUT2D eigenvalue weighted by Gasteiger charge is 2.48. The van der Waals surface area contributed by atoms with Crippen LogP contribution < -0.4 is 0 Å². The van der Waals surface area contributed by atoms with E-state index in [1.807, 2.05) is 50.3 Å². The van der Waals surface area contributed by atoms with Crippen LogP contribution in [0.2, 0.25) is 0 Å². The maximum Gasteiger partial charge on any atom is 0.336 e. The summed E-state index contributed by atoms with van der Waals surface area (Å²) in [7, 11) is 0. The Kier molecular flexibility index (Phi) is 17.0. The van der Waals surface area contributed by atoms with Gasteiger partial charge in [-0.3, -0.25) is 0 Å². The Bertz CT molecular complexity index is 1320. The van der Waals surface area contributed by atoms with E-state index < -0.39 is 86.6 Å². The molecule has 0 bridgehead atoms. The molecule has 2 saturated heterocycles. The van der Waals surface area contributed by atoms with E-state index in [9.17, 15) is 45.3 Å². The zero-order chi connectivity index (χ0) is 36.0. The van der Waals surface area contributed by atoms with Crippen molar-refractivity contribution in [2.24, 2.45) is 0 Å². The van der Waals surface area contributed by atoms with Gasteiger partial charge in [-0.15, -0.1) is 0 Å². The van der Waals surface area contributed by atoms with Crippen LogP contribution in [-0.4, -0.2) is 127 Å². The van der Waals surface area contributed by atoms with Crippen LogP contribution in [0.25, 0.3) is 0 Å². The fourth-order valence-electron chi connectivity index (χ4n) is 4.23. The number of aliphatic hydroxyl groups excluding tert-OH is 7. The average molecular weight is 679 g/mol. The van der Waals surface area contributed by atoms with Gasteiger partial charge in [0.1, 0.15) is 48.8 Å². The number of carboxylic acid groups (broad SMARTS) is 1. The highest BCUT2D eigenvalue weighted by atomic mass is 16.7. The number of allylic oxidation sites excluding steroid dienone is 14. The van der Waals surface area contributed by atoms with Gasteiger partial charge in [-0.1, -0.05) is 84.1 Å². The van der Waals surface area contributed by atoms with Crippen molar-refractivity contribution in [2.75, 3.05) is 13.2 Å². The van der Waals surface area contributed by atoms with Crippen LogP contribution in [0.4, 0.5) is 0 Å². The van der Waals surface area contributed by atoms with Crippen LogP contribution in [0.15, 0.2) is 95.2 Å². The molecule has 2 rings (SSSR count). The molecule has 48 heavy (non-hydrogen) atoms. The Morgan fingerprint density at radius 2 is 1.08 bits per heavy atom. The number of hydrogen-bond donors (Lipinski definition) is 8. The van der Waals surface area contributed by atoms with Crippen molar-refractivity contribution in [3.8, 4) is 0 Å². The Hall–Kier alpha value is -3.54. The van der Waals surface area contributed by atoms with E-state index >= 15 is 0 Å². The van der Waals surface area contributed by atoms with Crippen molar-refractivity contribution in [2.45, 2.75) is 89.1 Å². The van der Waals surface area contributed by atoms with Gasteiger partial charge >= 0.3 is 11.9 Å². The van der Waals surface area contributed by atoms with Crippen molar-refractivity contribution in [3.05, 3.63) is 95.2 Å². The number of esters is 1. The van der Waals surface area contributed by atoms with Crippen molar-refractivity contribution in [1.82, 2.24) is 0 Å². The van der Waals surface area contributed by atoms with Gasteiger partial charge in [0.05, 0.1) is 13.2 Å². The molecule has 2 aliphatic heterocycles. The lowest BCUT2D eigenvalue weighted by Crippen LogP contribution is -2.61. The molecule has 14 heteroatoms. The molecule has 2 heterocycles. The maximum absolute atomic E-state index is 12.7. The normalized spacial score (nSPS) is 33.0. The predicted octanol–water partition coefficient (Wildman–Crippen LogP) is 0.248. The van der Waals surface area contributed by atoms with E-state index in [1.165, 1.54) is 26.0 Å². The Morgan fingerprint density at radius 1 is 0.604 bits per heavy atom. The minimum atomic E-state index is -1.80. The molecule has 2 fully saturated rings. The molecule has 8 N–H and O–H groups in total. The van der Waals surface area contributed by atoms with E-state index in [0.717, 1.165) is 11.1 Å². The Balaban J connectivity index is 1.91. The van der Waals surface area contributed by atoms with Gasteiger partial charge in [-0.25, -0.2) is 9.59 Å². The third kappa shape index (κ3) is 12.5. The van der Waals surface area contributed by atoms with Crippen molar-refractivity contribution < 1.29 is 69.4 Å². The molecule has 0 aliphatic carbocycles. The molecule has 266 valence electrons. The Morgan fingerprint density at radius 3 is 1.60 bits per heavy atom. The van der Waals surface area contributed by atoms with Gasteiger partial charge in [0.15, 0.2) is 6.29 Å². The number of hydrogen-bond acceptors (Lipinski definition) is 13. The molecular weight excluding hydrogens is 632 g/mol. The fourth-order valence-corrected chi connectivity index (χ4v) is 4.23. The first-order valence-electron chi connectivity index (χ1n) is 15.1. The van der Waals surface area contributed by atoms with Crippen LogP contribution in [0.5, 0.6) is 0 Å². The summed E-state index contributed by atoms with van der Waals surface area (Å²) < 4.78 is 21.3. The zero-order valence-corrected chi connectivity index (χ0v) is 27.1. The molecular formula is C34H46O14. The van der Waals surface area contributed by atoms with Crippen LogP contribution in [0.3, 0.4) is 0 Å². The molecule has 0 aromatic rings. The third-order valence-corrected chi connectivity index (χ3v) is 7.29. The zero-order valence-electron chi connectivity index (χ0n) is 27.1. The number of ether oxygens (including phenoxy) is 4. The number of carbonyl (C=O) groups excluding carboxylic acids is 1. The van der Waals surface area contributed by atoms with E-state index in [1.54, 1.807) is 24.3 Å². The second-order valence-electron chi connectivity index (χ2n) is 11.3. The minimum Gasteiger partial charge on any atom is -0.478 e. The Labute approximate surface area is 278 Å². The lowest BCUT2D eigenvalue weighted by atomic mass is 9.98. The van der Waals surface area contributed by atoms with Crippen molar-refractivity contribution in [3.63, 3.8) is 0 Å². The molecule has 10 atom stereocenters.